The Morgan fingerprint density at radius 3 is 3.06 bits per heavy atom. The number of amides is 1. The van der Waals surface area contributed by atoms with Gasteiger partial charge in [-0.15, -0.1) is 0 Å². The van der Waals surface area contributed by atoms with Crippen LogP contribution in [0.5, 0.6) is 0 Å². The molecule has 0 aliphatic carbocycles. The van der Waals surface area contributed by atoms with Crippen LogP contribution in [0, 0.1) is 0 Å². The van der Waals surface area contributed by atoms with Gasteiger partial charge >= 0.3 is 0 Å². The summed E-state index contributed by atoms with van der Waals surface area (Å²) in [6.45, 7) is -0.191. The number of primary amides is 1. The molecule has 1 aliphatic heterocycles. The molecule has 6 nitrogen and oxygen atoms in total. The largest absolute Gasteiger partial charge is 0.394 e. The van der Waals surface area contributed by atoms with Gasteiger partial charge in [-0.3, -0.25) is 4.79 Å². The van der Waals surface area contributed by atoms with Crippen LogP contribution in [0.3, 0.4) is 0 Å². The predicted molar refractivity (Wildman–Crippen MR) is 59.0 cm³/mol. The number of ether oxygens (including phenoxy) is 1. The molecule has 7 heteroatoms. The minimum Gasteiger partial charge on any atom is -0.394 e. The van der Waals surface area contributed by atoms with Gasteiger partial charge in [-0.05, 0) is 18.2 Å². The van der Waals surface area contributed by atoms with Crippen molar-refractivity contribution in [2.75, 3.05) is 23.7 Å². The zero-order valence-corrected chi connectivity index (χ0v) is 8.89. The van der Waals surface area contributed by atoms with E-state index in [9.17, 15) is 9.28 Å². The van der Waals surface area contributed by atoms with Crippen LogP contribution in [0.4, 0.5) is 15.9 Å². The Morgan fingerprint density at radius 2 is 2.41 bits per heavy atom. The third-order valence-electron chi connectivity index (χ3n) is 2.36. The summed E-state index contributed by atoms with van der Waals surface area (Å²) in [6.07, 6.45) is -1.000. The summed E-state index contributed by atoms with van der Waals surface area (Å²) in [4.78, 5) is 11.0. The Hall–Kier alpha value is -1.86. The highest BCUT2D eigenvalue weighted by Gasteiger charge is 2.30. The van der Waals surface area contributed by atoms with Gasteiger partial charge in [-0.2, -0.15) is 5.12 Å². The number of hydrogen-bond donors (Lipinski definition) is 3. The lowest BCUT2D eigenvalue weighted by atomic mass is 10.2. The van der Waals surface area contributed by atoms with E-state index in [1.807, 2.05) is 0 Å². The van der Waals surface area contributed by atoms with E-state index in [1.165, 1.54) is 18.2 Å². The molecule has 2 rings (SSSR count). The first-order valence-electron chi connectivity index (χ1n) is 5.01. The third kappa shape index (κ3) is 2.15. The van der Waals surface area contributed by atoms with E-state index < -0.39 is 12.3 Å². The minimum absolute atomic E-state index is 0.00868. The second-order valence-corrected chi connectivity index (χ2v) is 3.50. The van der Waals surface area contributed by atoms with Crippen molar-refractivity contribution in [3.8, 4) is 0 Å². The van der Waals surface area contributed by atoms with Crippen LogP contribution in [-0.4, -0.2) is 30.6 Å². The van der Waals surface area contributed by atoms with Crippen molar-refractivity contribution in [2.45, 2.75) is 6.35 Å². The van der Waals surface area contributed by atoms with Crippen LogP contribution in [-0.2, 0) is 4.74 Å². The predicted octanol–water partition coefficient (Wildman–Crippen LogP) is 0.194. The quantitative estimate of drug-likeness (QED) is 0.655. The highest BCUT2D eigenvalue weighted by molar-refractivity contribution is 5.95. The molecule has 17 heavy (non-hydrogen) atoms. The number of halogens is 1. The number of nitrogens with zero attached hydrogens (tertiary/aromatic N) is 1. The second-order valence-electron chi connectivity index (χ2n) is 3.50. The number of nitrogens with one attached hydrogen (secondary N) is 1. The highest BCUT2D eigenvalue weighted by atomic mass is 19.2. The zero-order valence-electron chi connectivity index (χ0n) is 8.89. The number of aliphatic hydroxyl groups is 1. The summed E-state index contributed by atoms with van der Waals surface area (Å²) in [5, 5.41) is 11.7. The van der Waals surface area contributed by atoms with Crippen molar-refractivity contribution in [2.24, 2.45) is 5.73 Å². The highest BCUT2D eigenvalue weighted by Crippen LogP contribution is 2.35. The van der Waals surface area contributed by atoms with Gasteiger partial charge in [-0.25, -0.2) is 0 Å². The number of fused-ring (bicyclic) bond motifs is 1. The molecule has 1 amide bonds. The fourth-order valence-corrected chi connectivity index (χ4v) is 1.58. The minimum atomic E-state index is -1.000. The number of benzene rings is 1. The fraction of sp³-hybridized carbons (Fsp3) is 0.300. The summed E-state index contributed by atoms with van der Waals surface area (Å²) >= 11 is 0. The molecule has 0 fully saturated rings. The third-order valence-corrected chi connectivity index (χ3v) is 2.36. The van der Waals surface area contributed by atoms with Crippen molar-refractivity contribution in [1.29, 1.82) is 0 Å². The summed E-state index contributed by atoms with van der Waals surface area (Å²) < 4.78 is 18.7. The lowest BCUT2D eigenvalue weighted by Gasteiger charge is -2.16. The smallest absolute Gasteiger partial charge is 0.248 e. The lowest BCUT2D eigenvalue weighted by molar-refractivity contribution is 0.0240. The van der Waals surface area contributed by atoms with E-state index in [2.05, 4.69) is 5.32 Å². The lowest BCUT2D eigenvalue weighted by Crippen LogP contribution is -2.32. The molecule has 4 N–H and O–H groups in total. The summed E-state index contributed by atoms with van der Waals surface area (Å²) in [5.41, 5.74) is 6.09. The van der Waals surface area contributed by atoms with Crippen molar-refractivity contribution in [3.05, 3.63) is 23.8 Å². The SMILES string of the molecule is NC(=O)c1ccc2c(c1)NC(OCCO)N2F. The van der Waals surface area contributed by atoms with Crippen LogP contribution in [0.15, 0.2) is 18.2 Å². The van der Waals surface area contributed by atoms with Gasteiger partial charge in [0.2, 0.25) is 12.3 Å². The van der Waals surface area contributed by atoms with Crippen LogP contribution in [0.25, 0.3) is 0 Å². The summed E-state index contributed by atoms with van der Waals surface area (Å²) in [6, 6.07) is 4.32. The number of aliphatic hydroxyl groups excluding tert-OH is 1. The number of hydrogen-bond acceptors (Lipinski definition) is 5. The maximum Gasteiger partial charge on any atom is 0.248 e. The number of carbonyl (C=O) groups excluding carboxylic acids is 1. The van der Waals surface area contributed by atoms with Crippen LogP contribution in [0.2, 0.25) is 0 Å². The first-order chi connectivity index (χ1) is 8.13. The molecular weight excluding hydrogens is 229 g/mol. The standard InChI is InChI=1S/C10H12FN3O3/c11-14-8-2-1-6(9(12)16)5-7(8)13-10(14)17-4-3-15/h1-2,5,10,13,15H,3-4H2,(H2,12,16). The Kier molecular flexibility index (Phi) is 3.12. The molecule has 0 spiro atoms. The molecule has 0 saturated heterocycles. The average molecular weight is 241 g/mol. The number of anilines is 2. The molecule has 1 atom stereocenters. The van der Waals surface area contributed by atoms with E-state index in [4.69, 9.17) is 15.6 Å². The van der Waals surface area contributed by atoms with Crippen molar-refractivity contribution >= 4 is 17.3 Å². The van der Waals surface area contributed by atoms with Crippen molar-refractivity contribution < 1.29 is 19.1 Å². The van der Waals surface area contributed by atoms with E-state index >= 15 is 0 Å². The number of carbonyl (C=O) groups is 1. The summed E-state index contributed by atoms with van der Waals surface area (Å²) in [5.74, 6) is -0.584. The van der Waals surface area contributed by atoms with Gasteiger partial charge in [-0.1, -0.05) is 4.48 Å². The van der Waals surface area contributed by atoms with E-state index in [0.29, 0.717) is 10.8 Å². The monoisotopic (exact) mass is 241 g/mol. The van der Waals surface area contributed by atoms with Crippen molar-refractivity contribution in [3.63, 3.8) is 0 Å². The van der Waals surface area contributed by atoms with Crippen LogP contribution >= 0.6 is 0 Å². The Bertz CT molecular complexity index is 441. The van der Waals surface area contributed by atoms with Crippen LogP contribution < -0.4 is 16.2 Å². The normalized spacial score (nSPS) is 17.8. The van der Waals surface area contributed by atoms with Crippen LogP contribution in [0.1, 0.15) is 10.4 Å². The summed E-state index contributed by atoms with van der Waals surface area (Å²) in [7, 11) is 0. The van der Waals surface area contributed by atoms with Gasteiger partial charge in [0.15, 0.2) is 0 Å². The maximum absolute atomic E-state index is 13.7. The second kappa shape index (κ2) is 4.56. The molecule has 0 aromatic heterocycles. The topological polar surface area (TPSA) is 87.8 Å². The molecule has 92 valence electrons. The van der Waals surface area contributed by atoms with E-state index in [-0.39, 0.29) is 24.5 Å². The first-order valence-corrected chi connectivity index (χ1v) is 5.01. The molecule has 1 aromatic rings. The van der Waals surface area contributed by atoms with E-state index in [0.717, 1.165) is 0 Å². The number of nitrogens with two attached hydrogens (primary N) is 1. The number of rotatable bonds is 4. The zero-order chi connectivity index (χ0) is 12.4. The molecule has 0 radical (unpaired) electrons. The molecule has 1 aromatic carbocycles. The van der Waals surface area contributed by atoms with Gasteiger partial charge in [0, 0.05) is 5.56 Å². The van der Waals surface area contributed by atoms with Gasteiger partial charge in [0.05, 0.1) is 24.6 Å². The van der Waals surface area contributed by atoms with E-state index in [1.54, 1.807) is 0 Å². The molecule has 1 heterocycles. The van der Waals surface area contributed by atoms with Crippen molar-refractivity contribution in [1.82, 2.24) is 0 Å². The molecule has 1 aliphatic rings. The molecular formula is C10H12FN3O3. The molecule has 0 saturated carbocycles. The Morgan fingerprint density at radius 1 is 1.65 bits per heavy atom. The maximum atomic E-state index is 13.7. The fourth-order valence-electron chi connectivity index (χ4n) is 1.58. The Balaban J connectivity index is 2.19. The Labute approximate surface area is 96.7 Å². The first kappa shape index (κ1) is 11.6. The molecule has 0 bridgehead atoms. The van der Waals surface area contributed by atoms with Gasteiger partial charge < -0.3 is 20.9 Å². The molecule has 1 unspecified atom stereocenters. The van der Waals surface area contributed by atoms with Gasteiger partial charge in [0.1, 0.15) is 0 Å². The average Bonchev–Trinajstić information content (AvgIpc) is 2.63. The van der Waals surface area contributed by atoms with Gasteiger partial charge in [0.25, 0.3) is 0 Å².